The van der Waals surface area contributed by atoms with Crippen molar-refractivity contribution in [3.05, 3.63) is 0 Å². The van der Waals surface area contributed by atoms with Crippen LogP contribution < -0.4 is 5.73 Å². The van der Waals surface area contributed by atoms with Gasteiger partial charge < -0.3 is 15.5 Å². The monoisotopic (exact) mass is 203 g/mol. The molecule has 4 heteroatoms. The molecule has 0 bridgehead atoms. The van der Waals surface area contributed by atoms with Gasteiger partial charge in [-0.25, -0.2) is 0 Å². The van der Waals surface area contributed by atoms with Crippen LogP contribution in [0.1, 0.15) is 0 Å². The molecule has 0 saturated carbocycles. The second-order valence-electron chi connectivity index (χ2n) is 3.84. The van der Waals surface area contributed by atoms with E-state index in [1.807, 2.05) is 0 Å². The number of rotatable bonds is 4. The minimum atomic E-state index is 0.773. The second kappa shape index (κ2) is 5.86. The van der Waals surface area contributed by atoms with Gasteiger partial charge in [-0.3, -0.25) is 0 Å². The summed E-state index contributed by atoms with van der Waals surface area (Å²) in [7, 11) is 4.28. The maximum Gasteiger partial charge on any atom is 0.0302 e. The van der Waals surface area contributed by atoms with Crippen LogP contribution in [0.5, 0.6) is 0 Å². The minimum absolute atomic E-state index is 0.773. The lowest BCUT2D eigenvalue weighted by atomic mass is 10.3. The zero-order chi connectivity index (χ0) is 9.68. The van der Waals surface area contributed by atoms with Crippen LogP contribution in [0.25, 0.3) is 0 Å². The van der Waals surface area contributed by atoms with Crippen LogP contribution in [0.15, 0.2) is 0 Å². The van der Waals surface area contributed by atoms with Gasteiger partial charge in [0, 0.05) is 43.7 Å². The Balaban J connectivity index is 2.24. The van der Waals surface area contributed by atoms with E-state index in [-0.39, 0.29) is 0 Å². The van der Waals surface area contributed by atoms with Gasteiger partial charge in [-0.05, 0) is 14.1 Å². The molecule has 0 aromatic carbocycles. The summed E-state index contributed by atoms with van der Waals surface area (Å²) >= 11 is 2.10. The van der Waals surface area contributed by atoms with Crippen LogP contribution in [-0.2, 0) is 0 Å². The van der Waals surface area contributed by atoms with Gasteiger partial charge in [0.1, 0.15) is 0 Å². The van der Waals surface area contributed by atoms with Gasteiger partial charge in [-0.15, -0.1) is 0 Å². The Labute approximate surface area is 85.6 Å². The molecule has 0 aromatic heterocycles. The van der Waals surface area contributed by atoms with Crippen LogP contribution >= 0.6 is 11.8 Å². The van der Waals surface area contributed by atoms with Gasteiger partial charge in [0.2, 0.25) is 0 Å². The SMILES string of the molecule is CN(C)CC1CN(CCN)CCS1. The van der Waals surface area contributed by atoms with Gasteiger partial charge in [0.25, 0.3) is 0 Å². The standard InChI is InChI=1S/C9H21N3S/c1-11(2)7-9-8-12(4-3-10)5-6-13-9/h9H,3-8,10H2,1-2H3. The van der Waals surface area contributed by atoms with Crippen molar-refractivity contribution in [2.24, 2.45) is 5.73 Å². The molecule has 78 valence electrons. The van der Waals surface area contributed by atoms with Crippen molar-refractivity contribution in [3.63, 3.8) is 0 Å². The molecule has 1 fully saturated rings. The summed E-state index contributed by atoms with van der Waals surface area (Å²) in [6, 6.07) is 0. The lowest BCUT2D eigenvalue weighted by Gasteiger charge is -2.33. The Morgan fingerprint density at radius 3 is 2.92 bits per heavy atom. The van der Waals surface area contributed by atoms with Gasteiger partial charge in [-0.1, -0.05) is 0 Å². The van der Waals surface area contributed by atoms with E-state index in [1.165, 1.54) is 25.4 Å². The van der Waals surface area contributed by atoms with Crippen molar-refractivity contribution in [1.82, 2.24) is 9.80 Å². The number of nitrogens with zero attached hydrogens (tertiary/aromatic N) is 2. The van der Waals surface area contributed by atoms with E-state index in [4.69, 9.17) is 5.73 Å². The molecule has 0 radical (unpaired) electrons. The summed E-state index contributed by atoms with van der Waals surface area (Å²) in [4.78, 5) is 4.74. The molecule has 2 N–H and O–H groups in total. The van der Waals surface area contributed by atoms with Crippen molar-refractivity contribution in [2.75, 3.05) is 52.6 Å². The number of hydrogen-bond donors (Lipinski definition) is 1. The average Bonchev–Trinajstić information content (AvgIpc) is 2.04. The molecule has 1 aliphatic rings. The predicted octanol–water partition coefficient (Wildman–Crippen LogP) is -0.0759. The van der Waals surface area contributed by atoms with E-state index < -0.39 is 0 Å². The second-order valence-corrected chi connectivity index (χ2v) is 5.25. The van der Waals surface area contributed by atoms with Crippen LogP contribution in [0.4, 0.5) is 0 Å². The molecule has 13 heavy (non-hydrogen) atoms. The summed E-state index contributed by atoms with van der Waals surface area (Å²) in [5.41, 5.74) is 5.55. The lowest BCUT2D eigenvalue weighted by molar-refractivity contribution is 0.271. The summed E-state index contributed by atoms with van der Waals surface area (Å²) in [6.07, 6.45) is 0. The number of nitrogens with two attached hydrogens (primary N) is 1. The van der Waals surface area contributed by atoms with E-state index in [0.717, 1.165) is 18.3 Å². The van der Waals surface area contributed by atoms with Crippen LogP contribution in [0, 0.1) is 0 Å². The first-order valence-corrected chi connectivity index (χ1v) is 5.96. The van der Waals surface area contributed by atoms with Gasteiger partial charge >= 0.3 is 0 Å². The zero-order valence-electron chi connectivity index (χ0n) is 8.70. The third-order valence-corrected chi connectivity index (χ3v) is 3.42. The Kier molecular flexibility index (Phi) is 5.09. The van der Waals surface area contributed by atoms with Crippen molar-refractivity contribution in [2.45, 2.75) is 5.25 Å². The normalized spacial score (nSPS) is 25.4. The summed E-state index contributed by atoms with van der Waals surface area (Å²) in [5, 5.41) is 0.773. The fraction of sp³-hybridized carbons (Fsp3) is 1.00. The molecule has 1 rings (SSSR count). The topological polar surface area (TPSA) is 32.5 Å². The molecule has 1 heterocycles. The smallest absolute Gasteiger partial charge is 0.0302 e. The van der Waals surface area contributed by atoms with Crippen LogP contribution in [-0.4, -0.2) is 67.6 Å². The highest BCUT2D eigenvalue weighted by atomic mass is 32.2. The summed E-state index contributed by atoms with van der Waals surface area (Å²) < 4.78 is 0. The molecule has 1 saturated heterocycles. The Hall–Kier alpha value is 0.230. The first-order chi connectivity index (χ1) is 6.22. The van der Waals surface area contributed by atoms with Crippen molar-refractivity contribution >= 4 is 11.8 Å². The van der Waals surface area contributed by atoms with Crippen LogP contribution in [0.2, 0.25) is 0 Å². The molecule has 0 aliphatic carbocycles. The third kappa shape index (κ3) is 4.31. The Morgan fingerprint density at radius 2 is 2.31 bits per heavy atom. The zero-order valence-corrected chi connectivity index (χ0v) is 9.52. The molecular formula is C9H21N3S. The van der Waals surface area contributed by atoms with Crippen molar-refractivity contribution in [1.29, 1.82) is 0 Å². The van der Waals surface area contributed by atoms with Gasteiger partial charge in [-0.2, -0.15) is 11.8 Å². The fourth-order valence-electron chi connectivity index (χ4n) is 1.68. The first kappa shape index (κ1) is 11.3. The maximum atomic E-state index is 5.55. The number of hydrogen-bond acceptors (Lipinski definition) is 4. The molecule has 1 atom stereocenters. The highest BCUT2D eigenvalue weighted by molar-refractivity contribution is 8.00. The summed E-state index contributed by atoms with van der Waals surface area (Å²) in [6.45, 7) is 5.46. The van der Waals surface area contributed by atoms with Crippen molar-refractivity contribution < 1.29 is 0 Å². The van der Waals surface area contributed by atoms with Gasteiger partial charge in [0.05, 0.1) is 0 Å². The minimum Gasteiger partial charge on any atom is -0.329 e. The molecule has 0 amide bonds. The molecule has 1 aliphatic heterocycles. The van der Waals surface area contributed by atoms with E-state index in [9.17, 15) is 0 Å². The van der Waals surface area contributed by atoms with Crippen molar-refractivity contribution in [3.8, 4) is 0 Å². The van der Waals surface area contributed by atoms with E-state index in [2.05, 4.69) is 35.7 Å². The fourth-order valence-corrected chi connectivity index (χ4v) is 3.10. The number of thioether (sulfide) groups is 1. The molecular weight excluding hydrogens is 182 g/mol. The van der Waals surface area contributed by atoms with E-state index in [0.29, 0.717) is 0 Å². The van der Waals surface area contributed by atoms with E-state index in [1.54, 1.807) is 0 Å². The molecule has 0 spiro atoms. The maximum absolute atomic E-state index is 5.55. The van der Waals surface area contributed by atoms with Gasteiger partial charge in [0.15, 0.2) is 0 Å². The quantitative estimate of drug-likeness (QED) is 0.693. The third-order valence-electron chi connectivity index (χ3n) is 2.24. The van der Waals surface area contributed by atoms with E-state index >= 15 is 0 Å². The lowest BCUT2D eigenvalue weighted by Crippen LogP contribution is -2.43. The first-order valence-electron chi connectivity index (χ1n) is 4.91. The Morgan fingerprint density at radius 1 is 1.54 bits per heavy atom. The predicted molar refractivity (Wildman–Crippen MR) is 60.3 cm³/mol. The molecule has 3 nitrogen and oxygen atoms in total. The highest BCUT2D eigenvalue weighted by Gasteiger charge is 2.19. The largest absolute Gasteiger partial charge is 0.329 e. The average molecular weight is 203 g/mol. The van der Waals surface area contributed by atoms with Crippen LogP contribution in [0.3, 0.4) is 0 Å². The molecule has 1 unspecified atom stereocenters. The highest BCUT2D eigenvalue weighted by Crippen LogP contribution is 2.18. The summed E-state index contributed by atoms with van der Waals surface area (Å²) in [5.74, 6) is 1.26. The molecule has 0 aromatic rings. The Bertz CT molecular complexity index is 139.